The van der Waals surface area contributed by atoms with Gasteiger partial charge >= 0.3 is 0 Å². The number of thioether (sulfide) groups is 1. The number of aromatic nitrogens is 3. The van der Waals surface area contributed by atoms with Gasteiger partial charge in [-0.05, 0) is 29.8 Å². The molecule has 4 aromatic rings. The second kappa shape index (κ2) is 8.36. The fourth-order valence-electron chi connectivity index (χ4n) is 2.95. The smallest absolute Gasteiger partial charge is 0.240 e. The van der Waals surface area contributed by atoms with Crippen molar-refractivity contribution < 1.29 is 9.21 Å². The lowest BCUT2D eigenvalue weighted by molar-refractivity contribution is -0.128. The van der Waals surface area contributed by atoms with Crippen molar-refractivity contribution in [2.75, 3.05) is 14.1 Å². The van der Waals surface area contributed by atoms with Crippen LogP contribution in [0.2, 0.25) is 0 Å². The molecule has 2 aromatic heterocycles. The molecule has 0 saturated carbocycles. The Morgan fingerprint density at radius 3 is 2.28 bits per heavy atom. The molecule has 1 unspecified atom stereocenters. The molecule has 6 nitrogen and oxygen atoms in total. The molecule has 146 valence electrons. The summed E-state index contributed by atoms with van der Waals surface area (Å²) < 4.78 is 7.48. The third-order valence-corrected chi connectivity index (χ3v) is 5.56. The van der Waals surface area contributed by atoms with Crippen LogP contribution >= 0.6 is 11.8 Å². The van der Waals surface area contributed by atoms with Crippen LogP contribution in [0.25, 0.3) is 17.3 Å². The van der Waals surface area contributed by atoms with Gasteiger partial charge in [0.2, 0.25) is 11.7 Å². The molecule has 0 fully saturated rings. The molecule has 4 rings (SSSR count). The van der Waals surface area contributed by atoms with Crippen molar-refractivity contribution in [2.45, 2.75) is 10.4 Å². The Bertz CT molecular complexity index is 1080. The third kappa shape index (κ3) is 3.95. The monoisotopic (exact) mass is 404 g/mol. The van der Waals surface area contributed by atoms with Crippen LogP contribution in [0.15, 0.2) is 88.6 Å². The van der Waals surface area contributed by atoms with E-state index < -0.39 is 5.25 Å². The van der Waals surface area contributed by atoms with Gasteiger partial charge in [0.15, 0.2) is 10.9 Å². The van der Waals surface area contributed by atoms with Crippen LogP contribution in [0.4, 0.5) is 0 Å². The third-order valence-electron chi connectivity index (χ3n) is 4.38. The minimum Gasteiger partial charge on any atom is -0.461 e. The molecule has 0 aliphatic rings. The average Bonchev–Trinajstić information content (AvgIpc) is 3.42. The van der Waals surface area contributed by atoms with E-state index in [2.05, 4.69) is 10.2 Å². The molecule has 2 heterocycles. The van der Waals surface area contributed by atoms with Crippen LogP contribution in [-0.2, 0) is 4.79 Å². The molecule has 0 N–H and O–H groups in total. The summed E-state index contributed by atoms with van der Waals surface area (Å²) >= 11 is 1.37. The molecule has 0 bridgehead atoms. The normalized spacial score (nSPS) is 11.9. The number of para-hydroxylation sites is 1. The van der Waals surface area contributed by atoms with Gasteiger partial charge in [-0.25, -0.2) is 0 Å². The molecule has 1 atom stereocenters. The van der Waals surface area contributed by atoms with Gasteiger partial charge in [0.05, 0.1) is 6.26 Å². The van der Waals surface area contributed by atoms with E-state index in [-0.39, 0.29) is 5.91 Å². The molecule has 1 amide bonds. The highest BCUT2D eigenvalue weighted by Crippen LogP contribution is 2.38. The van der Waals surface area contributed by atoms with E-state index in [1.165, 1.54) is 11.8 Å². The highest BCUT2D eigenvalue weighted by atomic mass is 32.2. The van der Waals surface area contributed by atoms with E-state index in [9.17, 15) is 4.79 Å². The molecule has 2 aromatic carbocycles. The summed E-state index contributed by atoms with van der Waals surface area (Å²) in [5, 5.41) is 8.94. The van der Waals surface area contributed by atoms with Crippen LogP contribution < -0.4 is 0 Å². The van der Waals surface area contributed by atoms with Crippen molar-refractivity contribution in [3.63, 3.8) is 0 Å². The fourth-order valence-corrected chi connectivity index (χ4v) is 4.15. The maximum Gasteiger partial charge on any atom is 0.240 e. The molecule has 0 aliphatic heterocycles. The summed E-state index contributed by atoms with van der Waals surface area (Å²) in [6.07, 6.45) is 1.61. The van der Waals surface area contributed by atoms with Gasteiger partial charge in [0.1, 0.15) is 5.25 Å². The van der Waals surface area contributed by atoms with Crippen molar-refractivity contribution in [1.82, 2.24) is 19.7 Å². The van der Waals surface area contributed by atoms with E-state index in [0.29, 0.717) is 16.7 Å². The Kier molecular flexibility index (Phi) is 5.48. The summed E-state index contributed by atoms with van der Waals surface area (Å²) in [6.45, 7) is 0. The molecule has 0 radical (unpaired) electrons. The Labute approximate surface area is 173 Å². The average molecular weight is 404 g/mol. The van der Waals surface area contributed by atoms with Crippen LogP contribution in [-0.4, -0.2) is 39.7 Å². The van der Waals surface area contributed by atoms with E-state index in [4.69, 9.17) is 4.42 Å². The first-order chi connectivity index (χ1) is 14.1. The van der Waals surface area contributed by atoms with Crippen LogP contribution in [0.3, 0.4) is 0 Å². The number of carbonyl (C=O) groups is 1. The first-order valence-electron chi connectivity index (χ1n) is 9.12. The number of furan rings is 1. The first-order valence-corrected chi connectivity index (χ1v) is 10.0. The van der Waals surface area contributed by atoms with Gasteiger partial charge in [-0.15, -0.1) is 10.2 Å². The summed E-state index contributed by atoms with van der Waals surface area (Å²) in [4.78, 5) is 14.6. The molecular weight excluding hydrogens is 384 g/mol. The number of hydrogen-bond acceptors (Lipinski definition) is 5. The van der Waals surface area contributed by atoms with Crippen molar-refractivity contribution in [3.8, 4) is 17.3 Å². The number of nitrogens with zero attached hydrogens (tertiary/aromatic N) is 4. The fraction of sp³-hybridized carbons (Fsp3) is 0.136. The van der Waals surface area contributed by atoms with Gasteiger partial charge in [-0.2, -0.15) is 0 Å². The second-order valence-electron chi connectivity index (χ2n) is 6.60. The quantitative estimate of drug-likeness (QED) is 0.444. The van der Waals surface area contributed by atoms with Gasteiger partial charge in [-0.3, -0.25) is 9.36 Å². The topological polar surface area (TPSA) is 64.2 Å². The zero-order valence-electron chi connectivity index (χ0n) is 16.1. The van der Waals surface area contributed by atoms with Crippen molar-refractivity contribution in [2.24, 2.45) is 0 Å². The van der Waals surface area contributed by atoms with Crippen LogP contribution in [0.1, 0.15) is 10.8 Å². The predicted octanol–water partition coefficient (Wildman–Crippen LogP) is 4.45. The Morgan fingerprint density at radius 1 is 0.966 bits per heavy atom. The predicted molar refractivity (Wildman–Crippen MR) is 113 cm³/mol. The number of hydrogen-bond donors (Lipinski definition) is 0. The van der Waals surface area contributed by atoms with Gasteiger partial charge < -0.3 is 9.32 Å². The highest BCUT2D eigenvalue weighted by molar-refractivity contribution is 8.00. The lowest BCUT2D eigenvalue weighted by Crippen LogP contribution is -2.27. The SMILES string of the molecule is CN(C)C(=O)C(Sc1nnc(-c2ccco2)n1-c1ccccc1)c1ccccc1. The van der Waals surface area contributed by atoms with Crippen molar-refractivity contribution in [3.05, 3.63) is 84.6 Å². The van der Waals surface area contributed by atoms with Crippen molar-refractivity contribution >= 4 is 17.7 Å². The summed E-state index contributed by atoms with van der Waals surface area (Å²) in [5.74, 6) is 1.19. The standard InChI is InChI=1S/C22H20N4O2S/c1-25(2)21(27)19(16-10-5-3-6-11-16)29-22-24-23-20(18-14-9-15-28-18)26(22)17-12-7-4-8-13-17/h3-15,19H,1-2H3. The van der Waals surface area contributed by atoms with Crippen LogP contribution in [0.5, 0.6) is 0 Å². The number of amides is 1. The molecule has 29 heavy (non-hydrogen) atoms. The summed E-state index contributed by atoms with van der Waals surface area (Å²) in [5.41, 5.74) is 1.81. The zero-order chi connectivity index (χ0) is 20.2. The summed E-state index contributed by atoms with van der Waals surface area (Å²) in [6, 6.07) is 23.2. The lowest BCUT2D eigenvalue weighted by Gasteiger charge is -2.20. The highest BCUT2D eigenvalue weighted by Gasteiger charge is 2.28. The molecular formula is C22H20N4O2S. The Balaban J connectivity index is 1.81. The van der Waals surface area contributed by atoms with Gasteiger partial charge in [0, 0.05) is 19.8 Å². The number of likely N-dealkylation sites (N-methyl/N-ethyl adjacent to an activating group) is 1. The first kappa shape index (κ1) is 19.0. The lowest BCUT2D eigenvalue weighted by atomic mass is 10.1. The van der Waals surface area contributed by atoms with E-state index in [1.807, 2.05) is 77.4 Å². The largest absolute Gasteiger partial charge is 0.461 e. The number of carbonyl (C=O) groups excluding carboxylic acids is 1. The minimum atomic E-state index is -0.442. The minimum absolute atomic E-state index is 0.0108. The zero-order valence-corrected chi connectivity index (χ0v) is 16.9. The molecule has 0 saturated heterocycles. The summed E-state index contributed by atoms with van der Waals surface area (Å²) in [7, 11) is 3.52. The number of benzene rings is 2. The van der Waals surface area contributed by atoms with Crippen LogP contribution in [0, 0.1) is 0 Å². The molecule has 0 aliphatic carbocycles. The van der Waals surface area contributed by atoms with E-state index in [1.54, 1.807) is 25.3 Å². The number of rotatable bonds is 6. The van der Waals surface area contributed by atoms with Gasteiger partial charge in [-0.1, -0.05) is 60.3 Å². The maximum absolute atomic E-state index is 13.0. The second-order valence-corrected chi connectivity index (χ2v) is 7.67. The van der Waals surface area contributed by atoms with Gasteiger partial charge in [0.25, 0.3) is 0 Å². The Morgan fingerprint density at radius 2 is 1.66 bits per heavy atom. The molecule has 0 spiro atoms. The molecule has 7 heteroatoms. The van der Waals surface area contributed by atoms with Crippen molar-refractivity contribution in [1.29, 1.82) is 0 Å². The van der Waals surface area contributed by atoms with E-state index >= 15 is 0 Å². The maximum atomic E-state index is 13.0. The Hall–Kier alpha value is -3.32. The van der Waals surface area contributed by atoms with E-state index in [0.717, 1.165) is 11.3 Å².